The Balaban J connectivity index is 1.92. The van der Waals surface area contributed by atoms with Gasteiger partial charge in [-0.25, -0.2) is 0 Å². The third-order valence-corrected chi connectivity index (χ3v) is 9.06. The minimum Gasteiger partial charge on any atom is -0.459 e. The predicted molar refractivity (Wildman–Crippen MR) is 109 cm³/mol. The summed E-state index contributed by atoms with van der Waals surface area (Å²) in [6, 6.07) is 0. The van der Waals surface area contributed by atoms with Gasteiger partial charge in [0, 0.05) is 11.8 Å². The first-order chi connectivity index (χ1) is 12.6. The van der Waals surface area contributed by atoms with E-state index in [-0.39, 0.29) is 17.5 Å². The molecule has 8 atom stereocenters. The van der Waals surface area contributed by atoms with Crippen LogP contribution in [-0.4, -0.2) is 23.3 Å². The first kappa shape index (κ1) is 21.1. The van der Waals surface area contributed by atoms with Gasteiger partial charge in [-0.2, -0.15) is 0 Å². The molecule has 0 heterocycles. The average Bonchev–Trinajstić information content (AvgIpc) is 2.56. The summed E-state index contributed by atoms with van der Waals surface area (Å²) in [6.07, 6.45) is 7.32. The average molecular weight is 379 g/mol. The first-order valence-corrected chi connectivity index (χ1v) is 11.5. The van der Waals surface area contributed by atoms with Gasteiger partial charge in [0.15, 0.2) is 0 Å². The van der Waals surface area contributed by atoms with Gasteiger partial charge in [-0.15, -0.1) is 0 Å². The Bertz CT molecular complexity index is 542. The Labute approximate surface area is 166 Å². The number of aliphatic hydroxyl groups excluding tert-OH is 1. The molecule has 1 N–H and O–H groups in total. The van der Waals surface area contributed by atoms with E-state index >= 15 is 0 Å². The van der Waals surface area contributed by atoms with Crippen molar-refractivity contribution < 1.29 is 14.6 Å². The topological polar surface area (TPSA) is 46.5 Å². The van der Waals surface area contributed by atoms with E-state index in [9.17, 15) is 9.90 Å². The van der Waals surface area contributed by atoms with Crippen LogP contribution in [0, 0.1) is 40.4 Å². The SMILES string of the molecule is CCCC(=O)OC1C(O)C[C@@H](C)[C@H]2C[C@@H]3CC[C@@H](C)[C@H](CC[C@]12C)C3(C)C. The lowest BCUT2D eigenvalue weighted by Gasteiger charge is -2.59. The van der Waals surface area contributed by atoms with Crippen molar-refractivity contribution in [3.8, 4) is 0 Å². The molecule has 2 bridgehead atoms. The molecule has 3 saturated carbocycles. The summed E-state index contributed by atoms with van der Waals surface area (Å²) in [5.74, 6) is 3.12. The van der Waals surface area contributed by atoms with Gasteiger partial charge in [-0.1, -0.05) is 48.0 Å². The normalized spacial score (nSPS) is 46.7. The second kappa shape index (κ2) is 7.69. The highest BCUT2D eigenvalue weighted by Gasteiger charge is 2.57. The Morgan fingerprint density at radius 2 is 1.74 bits per heavy atom. The van der Waals surface area contributed by atoms with E-state index in [1.54, 1.807) is 0 Å². The number of hydrogen-bond acceptors (Lipinski definition) is 3. The van der Waals surface area contributed by atoms with Gasteiger partial charge >= 0.3 is 5.97 Å². The summed E-state index contributed by atoms with van der Waals surface area (Å²) >= 11 is 0. The lowest BCUT2D eigenvalue weighted by atomic mass is 9.48. The number of aliphatic hydroxyl groups is 1. The second-order valence-electron chi connectivity index (χ2n) is 11.0. The van der Waals surface area contributed by atoms with Gasteiger partial charge in [-0.05, 0) is 73.5 Å². The van der Waals surface area contributed by atoms with Gasteiger partial charge < -0.3 is 9.84 Å². The molecule has 0 radical (unpaired) electrons. The van der Waals surface area contributed by atoms with Crippen molar-refractivity contribution in [2.45, 2.75) is 105 Å². The number of rotatable bonds is 3. The summed E-state index contributed by atoms with van der Waals surface area (Å²) < 4.78 is 5.97. The number of carbonyl (C=O) groups excluding carboxylic acids is 1. The summed E-state index contributed by atoms with van der Waals surface area (Å²) in [4.78, 5) is 12.3. The molecule has 2 unspecified atom stereocenters. The summed E-state index contributed by atoms with van der Waals surface area (Å²) in [5, 5.41) is 10.9. The third-order valence-electron chi connectivity index (χ3n) is 9.06. The maximum atomic E-state index is 12.3. The zero-order valence-corrected chi connectivity index (χ0v) is 18.5. The fraction of sp³-hybridized carbons (Fsp3) is 0.958. The van der Waals surface area contributed by atoms with Gasteiger partial charge in [0.1, 0.15) is 6.10 Å². The van der Waals surface area contributed by atoms with Gasteiger partial charge in [0.2, 0.25) is 0 Å². The van der Waals surface area contributed by atoms with E-state index in [2.05, 4.69) is 34.6 Å². The molecule has 3 rings (SSSR count). The molecule has 3 nitrogen and oxygen atoms in total. The Kier molecular flexibility index (Phi) is 6.02. The lowest BCUT2D eigenvalue weighted by Crippen LogP contribution is -2.58. The lowest BCUT2D eigenvalue weighted by molar-refractivity contribution is -0.197. The van der Waals surface area contributed by atoms with Crippen LogP contribution in [0.4, 0.5) is 0 Å². The van der Waals surface area contributed by atoms with E-state index in [4.69, 9.17) is 4.74 Å². The largest absolute Gasteiger partial charge is 0.459 e. The number of ether oxygens (including phenoxy) is 1. The quantitative estimate of drug-likeness (QED) is 0.651. The molecule has 0 aromatic carbocycles. The Morgan fingerprint density at radius 3 is 2.41 bits per heavy atom. The van der Waals surface area contributed by atoms with Crippen molar-refractivity contribution in [1.29, 1.82) is 0 Å². The number of esters is 1. The highest BCUT2D eigenvalue weighted by molar-refractivity contribution is 5.69. The van der Waals surface area contributed by atoms with E-state index in [0.717, 1.165) is 37.0 Å². The maximum Gasteiger partial charge on any atom is 0.306 e. The van der Waals surface area contributed by atoms with Crippen molar-refractivity contribution in [2.75, 3.05) is 0 Å². The summed E-state index contributed by atoms with van der Waals surface area (Å²) in [5.41, 5.74) is 0.285. The van der Waals surface area contributed by atoms with Crippen LogP contribution >= 0.6 is 0 Å². The second-order valence-corrected chi connectivity index (χ2v) is 11.0. The van der Waals surface area contributed by atoms with Crippen LogP contribution in [-0.2, 0) is 9.53 Å². The van der Waals surface area contributed by atoms with E-state index in [0.29, 0.717) is 23.7 Å². The van der Waals surface area contributed by atoms with E-state index in [1.807, 2.05) is 6.92 Å². The fourth-order valence-corrected chi connectivity index (χ4v) is 7.34. The van der Waals surface area contributed by atoms with E-state index < -0.39 is 6.10 Å². The fourth-order valence-electron chi connectivity index (χ4n) is 7.34. The van der Waals surface area contributed by atoms with Crippen LogP contribution in [0.15, 0.2) is 0 Å². The highest BCUT2D eigenvalue weighted by atomic mass is 16.6. The molecule has 3 heteroatoms. The van der Waals surface area contributed by atoms with Crippen LogP contribution < -0.4 is 0 Å². The molecule has 3 fully saturated rings. The van der Waals surface area contributed by atoms with Crippen molar-refractivity contribution in [3.05, 3.63) is 0 Å². The number of fused-ring (bicyclic) bond motifs is 3. The van der Waals surface area contributed by atoms with Crippen molar-refractivity contribution >= 4 is 5.97 Å². The smallest absolute Gasteiger partial charge is 0.306 e. The zero-order chi connectivity index (χ0) is 20.0. The van der Waals surface area contributed by atoms with Crippen molar-refractivity contribution in [2.24, 2.45) is 40.4 Å². The van der Waals surface area contributed by atoms with Crippen LogP contribution in [0.25, 0.3) is 0 Å². The molecule has 0 aromatic heterocycles. The number of hydrogen-bond donors (Lipinski definition) is 1. The summed E-state index contributed by atoms with van der Waals surface area (Å²) in [6.45, 7) is 14.1. The maximum absolute atomic E-state index is 12.3. The molecular weight excluding hydrogens is 336 g/mol. The third kappa shape index (κ3) is 3.70. The first-order valence-electron chi connectivity index (χ1n) is 11.5. The van der Waals surface area contributed by atoms with Gasteiger partial charge in [0.25, 0.3) is 0 Å². The molecule has 3 aliphatic carbocycles. The molecule has 0 spiro atoms. The molecular formula is C24H42O3. The van der Waals surface area contributed by atoms with Crippen molar-refractivity contribution in [3.63, 3.8) is 0 Å². The molecule has 156 valence electrons. The van der Waals surface area contributed by atoms with Crippen LogP contribution in [0.1, 0.15) is 92.9 Å². The molecule has 27 heavy (non-hydrogen) atoms. The van der Waals surface area contributed by atoms with Crippen LogP contribution in [0.2, 0.25) is 0 Å². The summed E-state index contributed by atoms with van der Waals surface area (Å²) in [7, 11) is 0. The van der Waals surface area contributed by atoms with Crippen molar-refractivity contribution in [1.82, 2.24) is 0 Å². The Morgan fingerprint density at radius 1 is 1.04 bits per heavy atom. The monoisotopic (exact) mass is 378 g/mol. The Hall–Kier alpha value is -0.570. The predicted octanol–water partition coefficient (Wildman–Crippen LogP) is 5.59. The minimum atomic E-state index is -0.522. The highest BCUT2D eigenvalue weighted by Crippen LogP contribution is 2.60. The molecule has 0 aliphatic heterocycles. The van der Waals surface area contributed by atoms with Gasteiger partial charge in [-0.3, -0.25) is 4.79 Å². The number of carbonyl (C=O) groups is 1. The minimum absolute atomic E-state index is 0.107. The van der Waals surface area contributed by atoms with Gasteiger partial charge in [0.05, 0.1) is 6.10 Å². The zero-order valence-electron chi connectivity index (χ0n) is 18.5. The molecule has 0 saturated heterocycles. The molecule has 0 amide bonds. The van der Waals surface area contributed by atoms with Crippen LogP contribution in [0.5, 0.6) is 0 Å². The van der Waals surface area contributed by atoms with E-state index in [1.165, 1.54) is 25.7 Å². The molecule has 0 aromatic rings. The standard InChI is InChI=1S/C24H42O3/c1-7-8-21(26)27-22-20(25)13-16(3)19-14-17-10-9-15(2)18(23(17,4)5)11-12-24(19,22)6/h15-20,22,25H,7-14H2,1-6H3/t15-,16-,17+,18+,19-,20?,22?,24+/m1/s1. The molecule has 3 aliphatic rings. The van der Waals surface area contributed by atoms with Crippen LogP contribution in [0.3, 0.4) is 0 Å².